The molecule has 1 aliphatic carbocycles. The minimum absolute atomic E-state index is 0.0127. The highest BCUT2D eigenvalue weighted by Crippen LogP contribution is 2.24. The molecule has 0 radical (unpaired) electrons. The molecule has 0 saturated heterocycles. The molecule has 0 heterocycles. The van der Waals surface area contributed by atoms with Crippen LogP contribution in [0.5, 0.6) is 5.75 Å². The molecule has 0 unspecified atom stereocenters. The number of methoxy groups -OCH3 is 1. The Morgan fingerprint density at radius 1 is 1.43 bits per heavy atom. The smallest absolute Gasteiger partial charge is 0.234 e. The Labute approximate surface area is 125 Å². The average molecular weight is 292 g/mol. The largest absolute Gasteiger partial charge is 0.496 e. The number of hydrogen-bond donors (Lipinski definition) is 2. The van der Waals surface area contributed by atoms with Crippen molar-refractivity contribution in [3.05, 3.63) is 29.8 Å². The lowest BCUT2D eigenvalue weighted by molar-refractivity contribution is -0.123. The van der Waals surface area contributed by atoms with Crippen molar-refractivity contribution in [1.82, 2.24) is 10.2 Å². The maximum atomic E-state index is 12.1. The number of carbonyl (C=O) groups is 1. The molecule has 1 fully saturated rings. The van der Waals surface area contributed by atoms with Crippen molar-refractivity contribution in [1.29, 1.82) is 0 Å². The van der Waals surface area contributed by atoms with Gasteiger partial charge in [0, 0.05) is 24.7 Å². The Balaban J connectivity index is 1.83. The first-order chi connectivity index (χ1) is 10.2. The molecule has 5 heteroatoms. The number of ether oxygens (including phenoxy) is 1. The predicted molar refractivity (Wildman–Crippen MR) is 81.1 cm³/mol. The number of amides is 1. The van der Waals surface area contributed by atoms with Crippen molar-refractivity contribution >= 4 is 5.91 Å². The third kappa shape index (κ3) is 4.44. The number of hydrogen-bond acceptors (Lipinski definition) is 4. The van der Waals surface area contributed by atoms with Crippen molar-refractivity contribution in [2.75, 3.05) is 26.8 Å². The first kappa shape index (κ1) is 15.8. The van der Waals surface area contributed by atoms with Crippen LogP contribution in [0.25, 0.3) is 0 Å². The van der Waals surface area contributed by atoms with E-state index in [-0.39, 0.29) is 12.5 Å². The number of carbonyl (C=O) groups excluding carboxylic acids is 1. The van der Waals surface area contributed by atoms with E-state index in [0.717, 1.165) is 24.2 Å². The second kappa shape index (κ2) is 8.00. The number of nitrogens with zero attached hydrogens (tertiary/aromatic N) is 1. The van der Waals surface area contributed by atoms with Gasteiger partial charge in [0.25, 0.3) is 0 Å². The van der Waals surface area contributed by atoms with Crippen LogP contribution in [0.1, 0.15) is 24.8 Å². The van der Waals surface area contributed by atoms with E-state index in [1.165, 1.54) is 6.42 Å². The minimum atomic E-state index is -0.0127. The fraction of sp³-hybridized carbons (Fsp3) is 0.562. The zero-order valence-corrected chi connectivity index (χ0v) is 12.5. The van der Waals surface area contributed by atoms with Crippen LogP contribution in [-0.2, 0) is 11.3 Å². The Morgan fingerprint density at radius 2 is 2.19 bits per heavy atom. The number of nitrogens with one attached hydrogen (secondary N) is 1. The van der Waals surface area contributed by atoms with E-state index in [9.17, 15) is 4.79 Å². The molecule has 1 saturated carbocycles. The van der Waals surface area contributed by atoms with Crippen molar-refractivity contribution in [3.8, 4) is 5.75 Å². The summed E-state index contributed by atoms with van der Waals surface area (Å²) in [5.41, 5.74) is 0.964. The lowest BCUT2D eigenvalue weighted by Gasteiger charge is -2.36. The SMILES string of the molecule is COc1ccccc1CNC(=O)CN(CCO)C1CCC1. The number of rotatable bonds is 8. The Hall–Kier alpha value is -1.59. The first-order valence-corrected chi connectivity index (χ1v) is 7.48. The molecule has 2 N–H and O–H groups in total. The van der Waals surface area contributed by atoms with E-state index >= 15 is 0 Å². The Kier molecular flexibility index (Phi) is 6.02. The summed E-state index contributed by atoms with van der Waals surface area (Å²) >= 11 is 0. The zero-order valence-electron chi connectivity index (χ0n) is 12.5. The van der Waals surface area contributed by atoms with E-state index < -0.39 is 0 Å². The van der Waals surface area contributed by atoms with E-state index in [1.807, 2.05) is 24.3 Å². The lowest BCUT2D eigenvalue weighted by atomic mass is 9.91. The van der Waals surface area contributed by atoms with Crippen LogP contribution in [-0.4, -0.2) is 48.8 Å². The summed E-state index contributed by atoms with van der Waals surface area (Å²) in [4.78, 5) is 14.1. The highest BCUT2D eigenvalue weighted by molar-refractivity contribution is 5.78. The van der Waals surface area contributed by atoms with E-state index in [0.29, 0.717) is 25.7 Å². The van der Waals surface area contributed by atoms with Crippen LogP contribution in [0, 0.1) is 0 Å². The molecule has 116 valence electrons. The first-order valence-electron chi connectivity index (χ1n) is 7.48. The molecule has 1 aromatic carbocycles. The summed E-state index contributed by atoms with van der Waals surface area (Å²) in [5.74, 6) is 0.769. The molecular weight excluding hydrogens is 268 g/mol. The van der Waals surface area contributed by atoms with E-state index in [2.05, 4.69) is 10.2 Å². The number of benzene rings is 1. The van der Waals surface area contributed by atoms with Crippen LogP contribution in [0.4, 0.5) is 0 Å². The van der Waals surface area contributed by atoms with Gasteiger partial charge in [0.2, 0.25) is 5.91 Å². The van der Waals surface area contributed by atoms with Crippen LogP contribution in [0.2, 0.25) is 0 Å². The molecule has 0 atom stereocenters. The summed E-state index contributed by atoms with van der Waals surface area (Å²) < 4.78 is 5.27. The average Bonchev–Trinajstić information content (AvgIpc) is 2.44. The molecule has 1 amide bonds. The van der Waals surface area contributed by atoms with Gasteiger partial charge < -0.3 is 15.2 Å². The van der Waals surface area contributed by atoms with Gasteiger partial charge in [0.1, 0.15) is 5.75 Å². The van der Waals surface area contributed by atoms with Gasteiger partial charge in [-0.3, -0.25) is 9.69 Å². The Bertz CT molecular complexity index is 461. The van der Waals surface area contributed by atoms with Gasteiger partial charge >= 0.3 is 0 Å². The van der Waals surface area contributed by atoms with Crippen molar-refractivity contribution < 1.29 is 14.6 Å². The number of aliphatic hydroxyl groups excluding tert-OH is 1. The maximum Gasteiger partial charge on any atom is 0.234 e. The quantitative estimate of drug-likeness (QED) is 0.755. The molecule has 5 nitrogen and oxygen atoms in total. The highest BCUT2D eigenvalue weighted by Gasteiger charge is 2.25. The van der Waals surface area contributed by atoms with Gasteiger partial charge in [-0.1, -0.05) is 24.6 Å². The van der Waals surface area contributed by atoms with Crippen LogP contribution in [0.3, 0.4) is 0 Å². The fourth-order valence-corrected chi connectivity index (χ4v) is 2.55. The number of aliphatic hydroxyl groups is 1. The molecule has 1 aliphatic rings. The molecule has 1 aromatic rings. The standard InChI is InChI=1S/C16H24N2O3/c1-21-15-8-3-2-5-13(15)11-17-16(20)12-18(9-10-19)14-6-4-7-14/h2-3,5,8,14,19H,4,6-7,9-12H2,1H3,(H,17,20). The van der Waals surface area contributed by atoms with E-state index in [4.69, 9.17) is 9.84 Å². The summed E-state index contributed by atoms with van der Waals surface area (Å²) in [6.45, 7) is 1.46. The fourth-order valence-electron chi connectivity index (χ4n) is 2.55. The lowest BCUT2D eigenvalue weighted by Crippen LogP contribution is -2.47. The minimum Gasteiger partial charge on any atom is -0.496 e. The Morgan fingerprint density at radius 3 is 2.81 bits per heavy atom. The van der Waals surface area contributed by atoms with Crippen LogP contribution >= 0.6 is 0 Å². The molecular formula is C16H24N2O3. The molecule has 0 spiro atoms. The molecule has 0 bridgehead atoms. The van der Waals surface area contributed by atoms with Gasteiger partial charge in [-0.05, 0) is 18.9 Å². The molecule has 0 aliphatic heterocycles. The molecule has 2 rings (SSSR count). The summed E-state index contributed by atoms with van der Waals surface area (Å²) in [5, 5.41) is 12.0. The van der Waals surface area contributed by atoms with Crippen molar-refractivity contribution in [2.45, 2.75) is 31.8 Å². The monoisotopic (exact) mass is 292 g/mol. The summed E-state index contributed by atoms with van der Waals surface area (Å²) in [6, 6.07) is 8.11. The highest BCUT2D eigenvalue weighted by atomic mass is 16.5. The second-order valence-electron chi connectivity index (χ2n) is 5.37. The van der Waals surface area contributed by atoms with E-state index in [1.54, 1.807) is 7.11 Å². The summed E-state index contributed by atoms with van der Waals surface area (Å²) in [6.07, 6.45) is 3.47. The number of para-hydroxylation sites is 1. The third-order valence-electron chi connectivity index (χ3n) is 3.99. The van der Waals surface area contributed by atoms with Crippen molar-refractivity contribution in [3.63, 3.8) is 0 Å². The third-order valence-corrected chi connectivity index (χ3v) is 3.99. The van der Waals surface area contributed by atoms with Gasteiger partial charge in [-0.2, -0.15) is 0 Å². The molecule has 0 aromatic heterocycles. The normalized spacial score (nSPS) is 14.8. The zero-order chi connectivity index (χ0) is 15.1. The maximum absolute atomic E-state index is 12.1. The predicted octanol–water partition coefficient (Wildman–Crippen LogP) is 1.16. The van der Waals surface area contributed by atoms with Crippen molar-refractivity contribution in [2.24, 2.45) is 0 Å². The van der Waals surface area contributed by atoms with Crippen LogP contribution in [0.15, 0.2) is 24.3 Å². The van der Waals surface area contributed by atoms with Gasteiger partial charge in [-0.15, -0.1) is 0 Å². The summed E-state index contributed by atoms with van der Waals surface area (Å²) in [7, 11) is 1.63. The van der Waals surface area contributed by atoms with Gasteiger partial charge in [-0.25, -0.2) is 0 Å². The van der Waals surface area contributed by atoms with Crippen LogP contribution < -0.4 is 10.1 Å². The van der Waals surface area contributed by atoms with Gasteiger partial charge in [0.05, 0.1) is 20.3 Å². The molecule has 21 heavy (non-hydrogen) atoms. The second-order valence-corrected chi connectivity index (χ2v) is 5.37. The topological polar surface area (TPSA) is 61.8 Å². The van der Waals surface area contributed by atoms with Gasteiger partial charge in [0.15, 0.2) is 0 Å².